The molecule has 14 nitrogen and oxygen atoms in total. The van der Waals surface area contributed by atoms with E-state index in [0.717, 1.165) is 0 Å². The number of rotatable bonds is 5. The number of carbonyl (C=O) groups excluding carboxylic acids is 3. The van der Waals surface area contributed by atoms with E-state index in [1.165, 1.54) is 12.5 Å². The summed E-state index contributed by atoms with van der Waals surface area (Å²) in [5.41, 5.74) is -5.65. The van der Waals surface area contributed by atoms with Crippen molar-refractivity contribution >= 4 is 17.7 Å². The Morgan fingerprint density at radius 2 is 1.78 bits per heavy atom. The van der Waals surface area contributed by atoms with Crippen molar-refractivity contribution < 1.29 is 68.0 Å². The number of aliphatic hydroxyl groups excluding tert-OH is 4. The van der Waals surface area contributed by atoms with E-state index in [0.29, 0.717) is 18.4 Å². The van der Waals surface area contributed by atoms with Crippen LogP contribution in [-0.4, -0.2) is 111 Å². The molecular weight excluding hydrogens is 608 g/mol. The number of ketones is 1. The lowest BCUT2D eigenvalue weighted by Gasteiger charge is -2.67. The molecule has 4 aliphatic heterocycles. The second-order valence-electron chi connectivity index (χ2n) is 15.0. The van der Waals surface area contributed by atoms with Crippen LogP contribution < -0.4 is 0 Å². The van der Waals surface area contributed by atoms with Gasteiger partial charge in [0.2, 0.25) is 0 Å². The van der Waals surface area contributed by atoms with Gasteiger partial charge in [-0.3, -0.25) is 9.59 Å². The van der Waals surface area contributed by atoms with Crippen LogP contribution in [0.15, 0.2) is 23.0 Å². The average Bonchev–Trinajstić information content (AvgIpc) is 3.57. The lowest BCUT2D eigenvalue weighted by atomic mass is 9.36. The first-order chi connectivity index (χ1) is 21.6. The summed E-state index contributed by atoms with van der Waals surface area (Å²) < 4.78 is 35.5. The predicted molar refractivity (Wildman–Crippen MR) is 150 cm³/mol. The number of hydrogen-bond acceptors (Lipinski definition) is 14. The molecule has 2 aliphatic carbocycles. The molecule has 0 aromatic carbocycles. The lowest BCUT2D eigenvalue weighted by molar-refractivity contribution is -0.341. The SMILES string of the molecule is CC(C)(O)[C@@H]1CC(=O)[C@]2(C)[C@H](CC[C@@]3(C)[C@H](c4ccoc4)OC(=O)[C@H]4O[C@]432)[C@@]12COC(=O)C[C@@H]2O[C@@H]1O[C@H](CO)[C@@H](O)[C@H](O)[C@H]1O. The highest BCUT2D eigenvalue weighted by Crippen LogP contribution is 2.78. The zero-order chi connectivity index (χ0) is 33.2. The maximum atomic E-state index is 14.7. The van der Waals surface area contributed by atoms with Gasteiger partial charge < -0.3 is 53.6 Å². The summed E-state index contributed by atoms with van der Waals surface area (Å²) in [5, 5.41) is 53.2. The molecule has 0 radical (unpaired) electrons. The Morgan fingerprint density at radius 3 is 2.43 bits per heavy atom. The van der Waals surface area contributed by atoms with E-state index in [9.17, 15) is 39.9 Å². The number of cyclic esters (lactones) is 2. The van der Waals surface area contributed by atoms with Gasteiger partial charge in [-0.25, -0.2) is 4.79 Å². The first-order valence-corrected chi connectivity index (χ1v) is 15.9. The van der Waals surface area contributed by atoms with Gasteiger partial charge in [0.15, 0.2) is 12.4 Å². The summed E-state index contributed by atoms with van der Waals surface area (Å²) >= 11 is 0. The van der Waals surface area contributed by atoms with Crippen LogP contribution in [0.4, 0.5) is 0 Å². The molecule has 2 saturated carbocycles. The molecule has 5 N–H and O–H groups in total. The molecule has 254 valence electrons. The summed E-state index contributed by atoms with van der Waals surface area (Å²) in [4.78, 5) is 41.0. The summed E-state index contributed by atoms with van der Waals surface area (Å²) in [6, 6.07) is 1.72. The van der Waals surface area contributed by atoms with Crippen LogP contribution in [-0.2, 0) is 38.1 Å². The number of ether oxygens (including phenoxy) is 5. The topological polar surface area (TPSA) is 215 Å². The van der Waals surface area contributed by atoms with Crippen LogP contribution in [0.3, 0.4) is 0 Å². The fourth-order valence-corrected chi connectivity index (χ4v) is 10.3. The minimum Gasteiger partial charge on any atom is -0.472 e. The number of epoxide rings is 1. The van der Waals surface area contributed by atoms with Gasteiger partial charge >= 0.3 is 11.9 Å². The van der Waals surface area contributed by atoms with Crippen molar-refractivity contribution in [1.82, 2.24) is 0 Å². The van der Waals surface area contributed by atoms with Crippen LogP contribution >= 0.6 is 0 Å². The molecule has 4 saturated heterocycles. The maximum absolute atomic E-state index is 14.7. The van der Waals surface area contributed by atoms with Gasteiger partial charge in [0, 0.05) is 28.7 Å². The lowest BCUT2D eigenvalue weighted by Crippen LogP contribution is -2.75. The van der Waals surface area contributed by atoms with Crippen molar-refractivity contribution in [3.63, 3.8) is 0 Å². The standard InChI is InChI=1S/C32H42O14/c1-28(2,40)17-9-18(34)30(4)16(5-7-29(3)24(14-6-8-41-12-14)45-26(39)25-32(29,30)46-25)31(17)13-42-20(35)10-19(31)44-27-23(38)22(37)21(36)15(11-33)43-27/h6,8,12,15-17,19,21-25,27,33,36-38,40H,5,7,9-11,13H2,1-4H3/t15-,16+,17+,19+,21-,22+,23-,24+,25-,27+,29+,30+,31+,32-/m1/s1. The first kappa shape index (κ1) is 32.1. The number of furan rings is 1. The molecule has 46 heavy (non-hydrogen) atoms. The normalized spacial score (nSPS) is 50.2. The Kier molecular flexibility index (Phi) is 7.19. The molecular formula is C32H42O14. The minimum absolute atomic E-state index is 0.165. The molecule has 6 aliphatic rings. The van der Waals surface area contributed by atoms with E-state index in [1.54, 1.807) is 26.8 Å². The van der Waals surface area contributed by atoms with Crippen molar-refractivity contribution in [2.24, 2.45) is 28.1 Å². The highest BCUT2D eigenvalue weighted by atomic mass is 16.7. The smallest absolute Gasteiger partial charge is 0.339 e. The second-order valence-corrected chi connectivity index (χ2v) is 15.0. The highest BCUT2D eigenvalue weighted by molar-refractivity contribution is 5.93. The van der Waals surface area contributed by atoms with Gasteiger partial charge in [-0.1, -0.05) is 6.92 Å². The Labute approximate surface area is 264 Å². The second kappa shape index (κ2) is 10.3. The van der Waals surface area contributed by atoms with E-state index in [4.69, 9.17) is 28.1 Å². The van der Waals surface area contributed by atoms with Crippen LogP contribution in [0.1, 0.15) is 65.0 Å². The van der Waals surface area contributed by atoms with Gasteiger partial charge in [-0.15, -0.1) is 0 Å². The zero-order valence-electron chi connectivity index (χ0n) is 26.2. The van der Waals surface area contributed by atoms with Crippen molar-refractivity contribution in [2.75, 3.05) is 13.2 Å². The maximum Gasteiger partial charge on any atom is 0.339 e. The van der Waals surface area contributed by atoms with E-state index in [-0.39, 0.29) is 25.2 Å². The summed E-state index contributed by atoms with van der Waals surface area (Å²) in [6.45, 7) is 5.95. The number of carbonyl (C=O) groups is 3. The monoisotopic (exact) mass is 650 g/mol. The Hall–Kier alpha value is -2.43. The number of aliphatic hydroxyl groups is 5. The fraction of sp³-hybridized carbons (Fsp3) is 0.781. The molecule has 14 atom stereocenters. The van der Waals surface area contributed by atoms with Gasteiger partial charge in [0.25, 0.3) is 0 Å². The largest absolute Gasteiger partial charge is 0.472 e. The van der Waals surface area contributed by atoms with E-state index in [2.05, 4.69) is 0 Å². The fourth-order valence-electron chi connectivity index (χ4n) is 10.3. The molecule has 2 spiro atoms. The van der Waals surface area contributed by atoms with Crippen LogP contribution in [0, 0.1) is 28.1 Å². The molecule has 0 unspecified atom stereocenters. The van der Waals surface area contributed by atoms with Crippen LogP contribution in [0.25, 0.3) is 0 Å². The summed E-state index contributed by atoms with van der Waals surface area (Å²) in [7, 11) is 0. The van der Waals surface area contributed by atoms with Crippen LogP contribution in [0.5, 0.6) is 0 Å². The average molecular weight is 651 g/mol. The van der Waals surface area contributed by atoms with Crippen molar-refractivity contribution in [1.29, 1.82) is 0 Å². The van der Waals surface area contributed by atoms with Crippen molar-refractivity contribution in [2.45, 2.75) is 114 Å². The van der Waals surface area contributed by atoms with Crippen molar-refractivity contribution in [3.05, 3.63) is 24.2 Å². The molecule has 6 fully saturated rings. The van der Waals surface area contributed by atoms with E-state index in [1.807, 2.05) is 6.92 Å². The molecule has 14 heteroatoms. The predicted octanol–water partition coefficient (Wildman–Crippen LogP) is -0.0840. The molecule has 5 heterocycles. The summed E-state index contributed by atoms with van der Waals surface area (Å²) in [6.07, 6.45) is -7.59. The number of hydrogen-bond donors (Lipinski definition) is 5. The van der Waals surface area contributed by atoms with Gasteiger partial charge in [-0.05, 0) is 45.6 Å². The van der Waals surface area contributed by atoms with E-state index >= 15 is 0 Å². The number of Topliss-reactive ketones (excluding diaryl/α,β-unsaturated/α-hetero) is 1. The third kappa shape index (κ3) is 3.95. The third-order valence-corrected chi connectivity index (χ3v) is 12.5. The van der Waals surface area contributed by atoms with Gasteiger partial charge in [0.05, 0.1) is 42.7 Å². The Morgan fingerprint density at radius 1 is 1.04 bits per heavy atom. The van der Waals surface area contributed by atoms with Gasteiger partial charge in [0.1, 0.15) is 48.5 Å². The molecule has 1 aromatic rings. The quantitative estimate of drug-likeness (QED) is 0.208. The molecule has 0 bridgehead atoms. The molecule has 7 rings (SSSR count). The van der Waals surface area contributed by atoms with Crippen molar-refractivity contribution in [3.8, 4) is 0 Å². The first-order valence-electron chi connectivity index (χ1n) is 15.9. The minimum atomic E-state index is -1.75. The molecule has 1 aromatic heterocycles. The number of esters is 2. The number of fused-ring (bicyclic) bond motifs is 2. The Bertz CT molecular complexity index is 1400. The van der Waals surface area contributed by atoms with E-state index < -0.39 is 107 Å². The van der Waals surface area contributed by atoms with Gasteiger partial charge in [-0.2, -0.15) is 0 Å². The highest BCUT2D eigenvalue weighted by Gasteiger charge is 2.89. The van der Waals surface area contributed by atoms with Crippen LogP contribution in [0.2, 0.25) is 0 Å². The molecule has 0 amide bonds. The zero-order valence-corrected chi connectivity index (χ0v) is 26.2. The Balaban J connectivity index is 1.36. The third-order valence-electron chi connectivity index (χ3n) is 12.5. The summed E-state index contributed by atoms with van der Waals surface area (Å²) in [5.74, 6) is -2.93.